The minimum Gasteiger partial charge on any atom is -0.465 e. The molecule has 0 amide bonds. The lowest BCUT2D eigenvalue weighted by Gasteiger charge is -2.15. The van der Waals surface area contributed by atoms with Gasteiger partial charge in [-0.05, 0) is 12.5 Å². The number of carbonyl (C=O) groups excluding carboxylic acids is 1. The molecule has 0 aromatic heterocycles. The summed E-state index contributed by atoms with van der Waals surface area (Å²) in [6.07, 6.45) is 0.549. The minimum atomic E-state index is -0.465. The van der Waals surface area contributed by atoms with Crippen LogP contribution in [0.15, 0.2) is 30.3 Å². The monoisotopic (exact) mass is 223 g/mol. The van der Waals surface area contributed by atoms with Crippen LogP contribution in [0.5, 0.6) is 0 Å². The van der Waals surface area contributed by atoms with Crippen LogP contribution in [0.25, 0.3) is 0 Å². The molecule has 88 valence electrons. The Morgan fingerprint density at radius 1 is 1.38 bits per heavy atom. The summed E-state index contributed by atoms with van der Waals surface area (Å²) in [4.78, 5) is 16.4. The molecule has 0 aliphatic heterocycles. The van der Waals surface area contributed by atoms with Crippen molar-refractivity contribution in [3.63, 3.8) is 0 Å². The van der Waals surface area contributed by atoms with Crippen LogP contribution < -0.4 is 5.48 Å². The van der Waals surface area contributed by atoms with Gasteiger partial charge in [0, 0.05) is 6.42 Å². The Morgan fingerprint density at radius 3 is 2.62 bits per heavy atom. The molecule has 0 heterocycles. The van der Waals surface area contributed by atoms with Crippen molar-refractivity contribution in [3.8, 4) is 0 Å². The first-order chi connectivity index (χ1) is 7.77. The van der Waals surface area contributed by atoms with E-state index in [1.165, 1.54) is 7.11 Å². The summed E-state index contributed by atoms with van der Waals surface area (Å²) in [6.45, 7) is 2.15. The average Bonchev–Trinajstić information content (AvgIpc) is 2.30. The molecule has 0 aliphatic rings. The van der Waals surface area contributed by atoms with Gasteiger partial charge in [-0.25, -0.2) is 0 Å². The van der Waals surface area contributed by atoms with Gasteiger partial charge in [0.15, 0.2) is 0 Å². The van der Waals surface area contributed by atoms with Crippen LogP contribution in [0.3, 0.4) is 0 Å². The lowest BCUT2D eigenvalue weighted by molar-refractivity contribution is -0.149. The van der Waals surface area contributed by atoms with Gasteiger partial charge in [0.2, 0.25) is 0 Å². The van der Waals surface area contributed by atoms with Crippen molar-refractivity contribution < 1.29 is 14.4 Å². The summed E-state index contributed by atoms with van der Waals surface area (Å²) in [5.74, 6) is -0.298. The molecule has 0 saturated carbocycles. The van der Waals surface area contributed by atoms with E-state index in [1.54, 1.807) is 6.92 Å². The smallest absolute Gasteiger partial charge is 0.325 e. The summed E-state index contributed by atoms with van der Waals surface area (Å²) in [7, 11) is 1.48. The maximum Gasteiger partial charge on any atom is 0.325 e. The van der Waals surface area contributed by atoms with E-state index in [0.29, 0.717) is 13.0 Å². The van der Waals surface area contributed by atoms with Crippen LogP contribution in [0.1, 0.15) is 12.5 Å². The van der Waals surface area contributed by atoms with Crippen molar-refractivity contribution in [2.45, 2.75) is 19.4 Å². The molecule has 0 saturated heterocycles. The molecule has 0 spiro atoms. The van der Waals surface area contributed by atoms with Crippen molar-refractivity contribution in [1.82, 2.24) is 5.48 Å². The molecule has 1 aromatic rings. The van der Waals surface area contributed by atoms with E-state index < -0.39 is 6.04 Å². The highest BCUT2D eigenvalue weighted by Crippen LogP contribution is 2.04. The van der Waals surface area contributed by atoms with E-state index in [-0.39, 0.29) is 5.97 Å². The van der Waals surface area contributed by atoms with Crippen molar-refractivity contribution in [2.24, 2.45) is 0 Å². The van der Waals surface area contributed by atoms with Gasteiger partial charge < -0.3 is 9.57 Å². The molecule has 1 rings (SSSR count). The average molecular weight is 223 g/mol. The molecule has 0 fully saturated rings. The number of esters is 1. The van der Waals surface area contributed by atoms with E-state index in [1.807, 2.05) is 30.3 Å². The summed E-state index contributed by atoms with van der Waals surface area (Å²) in [5.41, 5.74) is 3.70. The Balaban J connectivity index is 2.60. The third-order valence-corrected chi connectivity index (χ3v) is 2.11. The normalized spacial score (nSPS) is 12.1. The molecule has 0 aliphatic carbocycles. The van der Waals surface area contributed by atoms with Gasteiger partial charge in [-0.1, -0.05) is 30.3 Å². The number of ether oxygens (including phenoxy) is 1. The molecule has 1 atom stereocenters. The van der Waals surface area contributed by atoms with E-state index in [9.17, 15) is 4.79 Å². The number of nitrogens with one attached hydrogen (secondary N) is 1. The summed E-state index contributed by atoms with van der Waals surface area (Å²) < 4.78 is 4.95. The number of hydrogen-bond donors (Lipinski definition) is 1. The Labute approximate surface area is 95.5 Å². The Morgan fingerprint density at radius 2 is 2.06 bits per heavy atom. The van der Waals surface area contributed by atoms with Crippen LogP contribution in [0.2, 0.25) is 0 Å². The van der Waals surface area contributed by atoms with Crippen molar-refractivity contribution >= 4 is 5.97 Å². The molecular formula is C12H17NO3. The molecular weight excluding hydrogens is 206 g/mol. The van der Waals surface area contributed by atoms with Crippen LogP contribution in [0.4, 0.5) is 0 Å². The van der Waals surface area contributed by atoms with Crippen LogP contribution in [-0.2, 0) is 20.8 Å². The van der Waals surface area contributed by atoms with E-state index in [0.717, 1.165) is 5.56 Å². The van der Waals surface area contributed by atoms with Gasteiger partial charge in [0.25, 0.3) is 0 Å². The van der Waals surface area contributed by atoms with E-state index in [2.05, 4.69) is 5.48 Å². The highest BCUT2D eigenvalue weighted by molar-refractivity contribution is 5.76. The first-order valence-electron chi connectivity index (χ1n) is 5.27. The summed E-state index contributed by atoms with van der Waals surface area (Å²) >= 11 is 0. The highest BCUT2D eigenvalue weighted by atomic mass is 16.6. The molecule has 4 nitrogen and oxygen atoms in total. The number of benzene rings is 1. The molecule has 4 heteroatoms. The zero-order valence-electron chi connectivity index (χ0n) is 9.60. The van der Waals surface area contributed by atoms with Crippen LogP contribution in [0, 0.1) is 0 Å². The fourth-order valence-corrected chi connectivity index (χ4v) is 1.41. The SMILES string of the molecule is CCOC(=O)C(Cc1ccccc1)NOC. The Bertz CT molecular complexity index is 313. The van der Waals surface area contributed by atoms with Gasteiger partial charge in [-0.2, -0.15) is 5.48 Å². The first-order valence-corrected chi connectivity index (χ1v) is 5.27. The lowest BCUT2D eigenvalue weighted by Crippen LogP contribution is -2.39. The molecule has 1 N–H and O–H groups in total. The fourth-order valence-electron chi connectivity index (χ4n) is 1.41. The molecule has 16 heavy (non-hydrogen) atoms. The largest absolute Gasteiger partial charge is 0.465 e. The van der Waals surface area contributed by atoms with Gasteiger partial charge in [-0.3, -0.25) is 4.79 Å². The molecule has 0 bridgehead atoms. The van der Waals surface area contributed by atoms with Gasteiger partial charge >= 0.3 is 5.97 Å². The zero-order valence-corrected chi connectivity index (χ0v) is 9.60. The fraction of sp³-hybridized carbons (Fsp3) is 0.417. The lowest BCUT2D eigenvalue weighted by atomic mass is 10.1. The Hall–Kier alpha value is -1.39. The highest BCUT2D eigenvalue weighted by Gasteiger charge is 2.19. The molecule has 0 radical (unpaired) electrons. The Kier molecular flexibility index (Phi) is 5.53. The minimum absolute atomic E-state index is 0.298. The van der Waals surface area contributed by atoms with Gasteiger partial charge in [0.1, 0.15) is 6.04 Å². The standard InChI is InChI=1S/C12H17NO3/c1-3-16-12(14)11(13-15-2)9-10-7-5-4-6-8-10/h4-8,11,13H,3,9H2,1-2H3. The number of hydroxylamine groups is 1. The quantitative estimate of drug-likeness (QED) is 0.583. The van der Waals surface area contributed by atoms with Gasteiger partial charge in [-0.15, -0.1) is 0 Å². The van der Waals surface area contributed by atoms with E-state index >= 15 is 0 Å². The van der Waals surface area contributed by atoms with Crippen LogP contribution in [-0.4, -0.2) is 25.7 Å². The topological polar surface area (TPSA) is 47.6 Å². The predicted octanol–water partition coefficient (Wildman–Crippen LogP) is 1.31. The summed E-state index contributed by atoms with van der Waals surface area (Å²) in [6, 6.07) is 9.27. The third-order valence-electron chi connectivity index (χ3n) is 2.11. The second-order valence-electron chi connectivity index (χ2n) is 3.32. The first kappa shape index (κ1) is 12.7. The maximum absolute atomic E-state index is 11.6. The van der Waals surface area contributed by atoms with E-state index in [4.69, 9.17) is 9.57 Å². The maximum atomic E-state index is 11.6. The summed E-state index contributed by atoms with van der Waals surface area (Å²) in [5, 5.41) is 0. The van der Waals surface area contributed by atoms with Crippen molar-refractivity contribution in [3.05, 3.63) is 35.9 Å². The molecule has 1 aromatic carbocycles. The molecule has 1 unspecified atom stereocenters. The van der Waals surface area contributed by atoms with Crippen LogP contribution >= 0.6 is 0 Å². The second-order valence-corrected chi connectivity index (χ2v) is 3.32. The predicted molar refractivity (Wildman–Crippen MR) is 60.7 cm³/mol. The van der Waals surface area contributed by atoms with Gasteiger partial charge in [0.05, 0.1) is 13.7 Å². The zero-order chi connectivity index (χ0) is 11.8. The van der Waals surface area contributed by atoms with Crippen molar-refractivity contribution in [1.29, 1.82) is 0 Å². The third kappa shape index (κ3) is 4.00. The second kappa shape index (κ2) is 6.98. The number of hydrogen-bond acceptors (Lipinski definition) is 4. The van der Waals surface area contributed by atoms with Crippen molar-refractivity contribution in [2.75, 3.05) is 13.7 Å². The number of rotatable bonds is 6. The number of carbonyl (C=O) groups is 1.